The van der Waals surface area contributed by atoms with E-state index in [4.69, 9.17) is 5.73 Å². The predicted octanol–water partition coefficient (Wildman–Crippen LogP) is 2.68. The number of H-pyrrole nitrogens is 1. The summed E-state index contributed by atoms with van der Waals surface area (Å²) >= 11 is 0. The number of aromatic nitrogens is 2. The van der Waals surface area contributed by atoms with Crippen molar-refractivity contribution in [1.82, 2.24) is 10.2 Å². The number of carbonyl (C=O) groups is 1. The summed E-state index contributed by atoms with van der Waals surface area (Å²) in [6.07, 6.45) is 2.38. The maximum atomic E-state index is 11.7. The lowest BCUT2D eigenvalue weighted by Crippen LogP contribution is -2.35. The minimum Gasteiger partial charge on any atom is -0.351 e. The number of nitrogens with zero attached hydrogens (tertiary/aromatic N) is 2. The molecule has 0 spiro atoms. The molecule has 0 saturated heterocycles. The average Bonchev–Trinajstić information content (AvgIpc) is 3.16. The van der Waals surface area contributed by atoms with Crippen molar-refractivity contribution >= 4 is 11.8 Å². The molecule has 3 N–H and O–H groups in total. The smallest absolute Gasteiger partial charge is 0.320 e. The first kappa shape index (κ1) is 12.7. The summed E-state index contributed by atoms with van der Waals surface area (Å²) in [4.78, 5) is 13.2. The van der Waals surface area contributed by atoms with Gasteiger partial charge in [-0.05, 0) is 25.3 Å². The molecular weight excluding hydrogens is 252 g/mol. The van der Waals surface area contributed by atoms with E-state index in [0.717, 1.165) is 11.3 Å². The standard InChI is InChI=1S/C15H18N4O/c1-10-2-4-11(5-3-10)9-19(15(16)20)14-8-13(17-18-14)12-6-7-12/h2-5,8,12H,6-7,9H2,1H3,(H2,16,20)(H,17,18). The summed E-state index contributed by atoms with van der Waals surface area (Å²) in [6, 6.07) is 9.49. The van der Waals surface area contributed by atoms with Gasteiger partial charge in [-0.25, -0.2) is 4.79 Å². The second-order valence-corrected chi connectivity index (χ2v) is 5.37. The van der Waals surface area contributed by atoms with E-state index in [9.17, 15) is 4.79 Å². The second kappa shape index (κ2) is 5.00. The molecular formula is C15H18N4O. The molecule has 0 radical (unpaired) electrons. The number of aromatic amines is 1. The van der Waals surface area contributed by atoms with Gasteiger partial charge in [0.25, 0.3) is 0 Å². The van der Waals surface area contributed by atoms with Crippen LogP contribution in [0.1, 0.15) is 35.6 Å². The number of nitrogens with one attached hydrogen (secondary N) is 1. The third-order valence-electron chi connectivity index (χ3n) is 3.61. The van der Waals surface area contributed by atoms with Gasteiger partial charge in [0.2, 0.25) is 0 Å². The van der Waals surface area contributed by atoms with Gasteiger partial charge in [-0.3, -0.25) is 10.00 Å². The molecule has 0 atom stereocenters. The lowest BCUT2D eigenvalue weighted by Gasteiger charge is -2.17. The van der Waals surface area contributed by atoms with Crippen molar-refractivity contribution in [2.75, 3.05) is 4.90 Å². The van der Waals surface area contributed by atoms with E-state index in [1.165, 1.54) is 23.3 Å². The number of hydrogen-bond donors (Lipinski definition) is 2. The minimum absolute atomic E-state index is 0.435. The van der Waals surface area contributed by atoms with Crippen molar-refractivity contribution in [2.24, 2.45) is 5.73 Å². The molecule has 1 aromatic heterocycles. The van der Waals surface area contributed by atoms with E-state index in [2.05, 4.69) is 10.2 Å². The monoisotopic (exact) mass is 270 g/mol. The number of aryl methyl sites for hydroxylation is 1. The molecule has 3 rings (SSSR count). The molecule has 1 fully saturated rings. The van der Waals surface area contributed by atoms with Crippen LogP contribution in [0.5, 0.6) is 0 Å². The molecule has 2 aromatic rings. The van der Waals surface area contributed by atoms with Crippen molar-refractivity contribution < 1.29 is 4.79 Å². The maximum absolute atomic E-state index is 11.7. The molecule has 1 heterocycles. The minimum atomic E-state index is -0.487. The van der Waals surface area contributed by atoms with E-state index in [1.807, 2.05) is 37.3 Å². The molecule has 0 aliphatic heterocycles. The van der Waals surface area contributed by atoms with Crippen LogP contribution in [-0.2, 0) is 6.54 Å². The van der Waals surface area contributed by atoms with Crippen LogP contribution in [0.15, 0.2) is 30.3 Å². The first-order valence-electron chi connectivity index (χ1n) is 6.81. The topological polar surface area (TPSA) is 75.0 Å². The van der Waals surface area contributed by atoms with Crippen LogP contribution >= 0.6 is 0 Å². The third-order valence-corrected chi connectivity index (χ3v) is 3.61. The van der Waals surface area contributed by atoms with Crippen molar-refractivity contribution in [2.45, 2.75) is 32.2 Å². The number of nitrogens with two attached hydrogens (primary N) is 1. The fraction of sp³-hybridized carbons (Fsp3) is 0.333. The Morgan fingerprint density at radius 2 is 2.10 bits per heavy atom. The van der Waals surface area contributed by atoms with E-state index in [0.29, 0.717) is 18.3 Å². The molecule has 1 aliphatic carbocycles. The van der Waals surface area contributed by atoms with Crippen molar-refractivity contribution in [3.63, 3.8) is 0 Å². The Hall–Kier alpha value is -2.30. The first-order chi connectivity index (χ1) is 9.63. The van der Waals surface area contributed by atoms with Crippen molar-refractivity contribution in [3.8, 4) is 0 Å². The van der Waals surface area contributed by atoms with Gasteiger partial charge in [0, 0.05) is 17.7 Å². The Morgan fingerprint density at radius 1 is 1.40 bits per heavy atom. The highest BCUT2D eigenvalue weighted by molar-refractivity contribution is 5.89. The molecule has 104 valence electrons. The Kier molecular flexibility index (Phi) is 3.18. The second-order valence-electron chi connectivity index (χ2n) is 5.37. The third kappa shape index (κ3) is 2.66. The van der Waals surface area contributed by atoms with Gasteiger partial charge in [-0.1, -0.05) is 29.8 Å². The highest BCUT2D eigenvalue weighted by Gasteiger charge is 2.27. The summed E-state index contributed by atoms with van der Waals surface area (Å²) in [7, 11) is 0. The number of primary amides is 1. The van der Waals surface area contributed by atoms with E-state index in [-0.39, 0.29) is 0 Å². The largest absolute Gasteiger partial charge is 0.351 e. The summed E-state index contributed by atoms with van der Waals surface area (Å²) < 4.78 is 0. The van der Waals surface area contributed by atoms with Gasteiger partial charge in [0.1, 0.15) is 0 Å². The van der Waals surface area contributed by atoms with Crippen LogP contribution in [0.2, 0.25) is 0 Å². The molecule has 0 unspecified atom stereocenters. The molecule has 2 amide bonds. The Morgan fingerprint density at radius 3 is 2.70 bits per heavy atom. The summed E-state index contributed by atoms with van der Waals surface area (Å²) in [5.41, 5.74) is 8.80. The first-order valence-corrected chi connectivity index (χ1v) is 6.81. The van der Waals surface area contributed by atoms with Crippen LogP contribution in [0.3, 0.4) is 0 Å². The van der Waals surface area contributed by atoms with Crippen LogP contribution in [0.25, 0.3) is 0 Å². The highest BCUT2D eigenvalue weighted by atomic mass is 16.2. The molecule has 5 nitrogen and oxygen atoms in total. The molecule has 0 bridgehead atoms. The number of benzene rings is 1. The Bertz CT molecular complexity index is 613. The number of hydrogen-bond acceptors (Lipinski definition) is 2. The number of anilines is 1. The average molecular weight is 270 g/mol. The van der Waals surface area contributed by atoms with Gasteiger partial charge >= 0.3 is 6.03 Å². The van der Waals surface area contributed by atoms with Gasteiger partial charge in [-0.15, -0.1) is 0 Å². The normalized spacial score (nSPS) is 14.2. The number of amides is 2. The van der Waals surface area contributed by atoms with Gasteiger partial charge in [0.05, 0.1) is 6.54 Å². The molecule has 1 saturated carbocycles. The van der Waals surface area contributed by atoms with Crippen molar-refractivity contribution in [1.29, 1.82) is 0 Å². The van der Waals surface area contributed by atoms with Crippen molar-refractivity contribution in [3.05, 3.63) is 47.2 Å². The number of urea groups is 1. The summed E-state index contributed by atoms with van der Waals surface area (Å²) in [5.74, 6) is 1.17. The van der Waals surface area contributed by atoms with Gasteiger partial charge in [0.15, 0.2) is 5.82 Å². The van der Waals surface area contributed by atoms with E-state index >= 15 is 0 Å². The van der Waals surface area contributed by atoms with Crippen LogP contribution < -0.4 is 10.6 Å². The summed E-state index contributed by atoms with van der Waals surface area (Å²) in [5, 5.41) is 7.21. The van der Waals surface area contributed by atoms with Crippen LogP contribution in [0, 0.1) is 6.92 Å². The lowest BCUT2D eigenvalue weighted by atomic mass is 10.1. The highest BCUT2D eigenvalue weighted by Crippen LogP contribution is 2.39. The predicted molar refractivity (Wildman–Crippen MR) is 77.5 cm³/mol. The Balaban J connectivity index is 1.80. The van der Waals surface area contributed by atoms with E-state index in [1.54, 1.807) is 0 Å². The fourth-order valence-electron chi connectivity index (χ4n) is 2.22. The number of rotatable bonds is 4. The summed E-state index contributed by atoms with van der Waals surface area (Å²) in [6.45, 7) is 2.47. The van der Waals surface area contributed by atoms with Gasteiger partial charge < -0.3 is 5.73 Å². The Labute approximate surface area is 117 Å². The zero-order valence-corrected chi connectivity index (χ0v) is 11.5. The molecule has 5 heteroatoms. The van der Waals surface area contributed by atoms with E-state index < -0.39 is 6.03 Å². The SMILES string of the molecule is Cc1ccc(CN(C(N)=O)c2cc(C3CC3)[nH]n2)cc1. The fourth-order valence-corrected chi connectivity index (χ4v) is 2.22. The molecule has 20 heavy (non-hydrogen) atoms. The number of carbonyl (C=O) groups excluding carboxylic acids is 1. The van der Waals surface area contributed by atoms with Gasteiger partial charge in [-0.2, -0.15) is 5.10 Å². The molecule has 1 aliphatic rings. The molecule has 1 aromatic carbocycles. The van der Waals surface area contributed by atoms with Crippen LogP contribution in [0.4, 0.5) is 10.6 Å². The maximum Gasteiger partial charge on any atom is 0.320 e. The zero-order valence-electron chi connectivity index (χ0n) is 11.5. The quantitative estimate of drug-likeness (QED) is 0.896. The lowest BCUT2D eigenvalue weighted by molar-refractivity contribution is 0.253. The van der Waals surface area contributed by atoms with Crippen LogP contribution in [-0.4, -0.2) is 16.2 Å². The zero-order chi connectivity index (χ0) is 14.1.